The number of para-hydroxylation sites is 1. The molecule has 0 aliphatic carbocycles. The summed E-state index contributed by atoms with van der Waals surface area (Å²) in [6.45, 7) is 8.07. The van der Waals surface area contributed by atoms with E-state index < -0.39 is 0 Å². The molecule has 3 heterocycles. The van der Waals surface area contributed by atoms with Crippen LogP contribution in [0.4, 0.5) is 5.82 Å². The van der Waals surface area contributed by atoms with E-state index in [1.807, 2.05) is 72.6 Å². The highest BCUT2D eigenvalue weighted by Crippen LogP contribution is 2.29. The highest BCUT2D eigenvalue weighted by atomic mass is 16.5. The van der Waals surface area contributed by atoms with E-state index in [1.165, 1.54) is 5.56 Å². The maximum atomic E-state index is 13.5. The lowest BCUT2D eigenvalue weighted by molar-refractivity contribution is 0.0732. The first-order valence-corrected chi connectivity index (χ1v) is 14.3. The number of pyridine rings is 1. The minimum absolute atomic E-state index is 0.00979. The number of carbonyl (C=O) groups is 1. The minimum Gasteiger partial charge on any atom is -0.489 e. The highest BCUT2D eigenvalue weighted by Gasteiger charge is 2.26. The van der Waals surface area contributed by atoms with Crippen LogP contribution in [-0.2, 0) is 25.0 Å². The predicted octanol–water partition coefficient (Wildman–Crippen LogP) is 6.81. The van der Waals surface area contributed by atoms with Gasteiger partial charge in [0.1, 0.15) is 18.2 Å². The molecule has 212 valence electrons. The largest absolute Gasteiger partial charge is 0.489 e. The fourth-order valence-electron chi connectivity index (χ4n) is 5.28. The van der Waals surface area contributed by atoms with Gasteiger partial charge in [-0.15, -0.1) is 0 Å². The van der Waals surface area contributed by atoms with Crippen molar-refractivity contribution in [2.24, 2.45) is 0 Å². The van der Waals surface area contributed by atoms with Crippen molar-refractivity contribution in [2.75, 3.05) is 18.9 Å². The van der Waals surface area contributed by atoms with Crippen molar-refractivity contribution in [1.82, 2.24) is 19.9 Å². The molecule has 2 aromatic heterocycles. The molecule has 5 aromatic rings. The number of hydrogen-bond donors (Lipinski definition) is 1. The van der Waals surface area contributed by atoms with Gasteiger partial charge in [-0.1, -0.05) is 63.2 Å². The molecule has 0 saturated heterocycles. The van der Waals surface area contributed by atoms with Gasteiger partial charge in [-0.05, 0) is 59.4 Å². The second-order valence-corrected chi connectivity index (χ2v) is 11.7. The lowest BCUT2D eigenvalue weighted by atomic mass is 9.87. The molecule has 0 bridgehead atoms. The van der Waals surface area contributed by atoms with E-state index in [0.717, 1.165) is 44.9 Å². The lowest BCUT2D eigenvalue weighted by Gasteiger charge is -2.29. The number of anilines is 1. The number of nitrogens with zero attached hydrogens (tertiary/aromatic N) is 4. The number of ether oxygens (including phenoxy) is 1. The van der Waals surface area contributed by atoms with Crippen LogP contribution in [0.2, 0.25) is 0 Å². The third kappa shape index (κ3) is 5.68. The van der Waals surface area contributed by atoms with E-state index in [2.05, 4.69) is 49.3 Å². The highest BCUT2D eigenvalue weighted by molar-refractivity contribution is 5.94. The van der Waals surface area contributed by atoms with Gasteiger partial charge in [0, 0.05) is 41.9 Å². The van der Waals surface area contributed by atoms with Crippen LogP contribution < -0.4 is 10.1 Å². The van der Waals surface area contributed by atoms with E-state index in [1.54, 1.807) is 6.20 Å². The molecule has 1 amide bonds. The summed E-state index contributed by atoms with van der Waals surface area (Å²) in [6, 6.07) is 26.0. The zero-order chi connectivity index (χ0) is 29.3. The SMILES string of the molecule is CNc1nc(-c2cnc3ccccc3c2)nc2c1CCN(C(=O)c1ccc(COc3ccc(C(C)(C)C)cc3)cc1)C2. The van der Waals surface area contributed by atoms with Gasteiger partial charge in [0.2, 0.25) is 0 Å². The average Bonchev–Trinajstić information content (AvgIpc) is 3.02. The molecule has 3 aromatic carbocycles. The van der Waals surface area contributed by atoms with Crippen LogP contribution >= 0.6 is 0 Å². The van der Waals surface area contributed by atoms with Crippen molar-refractivity contribution < 1.29 is 9.53 Å². The summed E-state index contributed by atoms with van der Waals surface area (Å²) in [5, 5.41) is 4.26. The van der Waals surface area contributed by atoms with Crippen LogP contribution in [0.5, 0.6) is 5.75 Å². The van der Waals surface area contributed by atoms with Gasteiger partial charge >= 0.3 is 0 Å². The molecule has 7 nitrogen and oxygen atoms in total. The predicted molar refractivity (Wildman–Crippen MR) is 167 cm³/mol. The maximum Gasteiger partial charge on any atom is 0.254 e. The number of rotatable bonds is 6. The van der Waals surface area contributed by atoms with Gasteiger partial charge in [-0.2, -0.15) is 0 Å². The Morgan fingerprint density at radius 1 is 0.976 bits per heavy atom. The normalized spacial score (nSPS) is 13.1. The van der Waals surface area contributed by atoms with Crippen LogP contribution in [0.3, 0.4) is 0 Å². The molecule has 0 radical (unpaired) electrons. The smallest absolute Gasteiger partial charge is 0.254 e. The van der Waals surface area contributed by atoms with Crippen molar-refractivity contribution in [3.63, 3.8) is 0 Å². The molecule has 0 unspecified atom stereocenters. The second-order valence-electron chi connectivity index (χ2n) is 11.7. The molecule has 0 fully saturated rings. The van der Waals surface area contributed by atoms with Crippen molar-refractivity contribution in [1.29, 1.82) is 0 Å². The molecule has 0 saturated carbocycles. The summed E-state index contributed by atoms with van der Waals surface area (Å²) in [4.78, 5) is 29.6. The molecule has 0 atom stereocenters. The first-order valence-electron chi connectivity index (χ1n) is 14.3. The van der Waals surface area contributed by atoms with Crippen LogP contribution in [0, 0.1) is 0 Å². The fraction of sp³-hybridized carbons (Fsp3) is 0.257. The number of hydrogen-bond acceptors (Lipinski definition) is 6. The molecule has 1 N–H and O–H groups in total. The van der Waals surface area contributed by atoms with Gasteiger partial charge in [-0.3, -0.25) is 9.78 Å². The lowest BCUT2D eigenvalue weighted by Crippen LogP contribution is -2.37. The maximum absolute atomic E-state index is 13.5. The monoisotopic (exact) mass is 557 g/mol. The van der Waals surface area contributed by atoms with E-state index in [9.17, 15) is 4.79 Å². The van der Waals surface area contributed by atoms with Crippen molar-refractivity contribution in [3.05, 3.63) is 113 Å². The second kappa shape index (κ2) is 11.2. The molecular weight excluding hydrogens is 522 g/mol. The third-order valence-corrected chi connectivity index (χ3v) is 7.76. The van der Waals surface area contributed by atoms with Crippen molar-refractivity contribution >= 4 is 22.6 Å². The summed E-state index contributed by atoms with van der Waals surface area (Å²) >= 11 is 0. The Morgan fingerprint density at radius 3 is 2.48 bits per heavy atom. The number of nitrogens with one attached hydrogen (secondary N) is 1. The van der Waals surface area contributed by atoms with Crippen LogP contribution in [-0.4, -0.2) is 39.4 Å². The third-order valence-electron chi connectivity index (χ3n) is 7.76. The minimum atomic E-state index is -0.00979. The Kier molecular flexibility index (Phi) is 7.33. The molecule has 42 heavy (non-hydrogen) atoms. The van der Waals surface area contributed by atoms with E-state index >= 15 is 0 Å². The van der Waals surface area contributed by atoms with Crippen LogP contribution in [0.15, 0.2) is 85.1 Å². The number of carbonyl (C=O) groups excluding carboxylic acids is 1. The van der Waals surface area contributed by atoms with Crippen LogP contribution in [0.1, 0.15) is 53.5 Å². The van der Waals surface area contributed by atoms with Crippen LogP contribution in [0.25, 0.3) is 22.3 Å². The Morgan fingerprint density at radius 2 is 1.74 bits per heavy atom. The molecular formula is C35H35N5O2. The zero-order valence-electron chi connectivity index (χ0n) is 24.5. The molecule has 1 aliphatic heterocycles. The van der Waals surface area contributed by atoms with Gasteiger partial charge < -0.3 is 15.0 Å². The summed E-state index contributed by atoms with van der Waals surface area (Å²) in [6.07, 6.45) is 2.49. The molecule has 6 rings (SSSR count). The van der Waals surface area contributed by atoms with Crippen molar-refractivity contribution in [2.45, 2.75) is 45.8 Å². The number of benzene rings is 3. The topological polar surface area (TPSA) is 80.2 Å². The molecule has 1 aliphatic rings. The number of amides is 1. The number of aromatic nitrogens is 3. The Bertz CT molecular complexity index is 1740. The Balaban J connectivity index is 1.15. The van der Waals surface area contributed by atoms with Gasteiger partial charge in [-0.25, -0.2) is 9.97 Å². The zero-order valence-corrected chi connectivity index (χ0v) is 24.5. The average molecular weight is 558 g/mol. The summed E-state index contributed by atoms with van der Waals surface area (Å²) in [5.74, 6) is 2.22. The first-order chi connectivity index (χ1) is 20.3. The first kappa shape index (κ1) is 27.4. The summed E-state index contributed by atoms with van der Waals surface area (Å²) < 4.78 is 5.99. The standard InChI is InChI=1S/C35H35N5O2/c1-35(2,3)27-13-15-28(16-14-27)42-22-23-9-11-24(12-10-23)34(41)40-18-17-29-31(21-40)38-32(39-33(29)36-4)26-19-25-7-5-6-8-30(25)37-20-26/h5-16,19-20H,17-18,21-22H2,1-4H3,(H,36,38,39). The quantitative estimate of drug-likeness (QED) is 0.247. The van der Waals surface area contributed by atoms with Gasteiger partial charge in [0.15, 0.2) is 5.82 Å². The molecule has 7 heteroatoms. The summed E-state index contributed by atoms with van der Waals surface area (Å²) in [5.41, 5.74) is 6.73. The number of fused-ring (bicyclic) bond motifs is 2. The Labute approximate surface area is 246 Å². The van der Waals surface area contributed by atoms with Crippen molar-refractivity contribution in [3.8, 4) is 17.1 Å². The van der Waals surface area contributed by atoms with Gasteiger partial charge in [0.05, 0.1) is 17.8 Å². The van der Waals surface area contributed by atoms with E-state index in [0.29, 0.717) is 37.5 Å². The fourth-order valence-corrected chi connectivity index (χ4v) is 5.28. The van der Waals surface area contributed by atoms with Gasteiger partial charge in [0.25, 0.3) is 5.91 Å². The Hall–Kier alpha value is -4.78. The van der Waals surface area contributed by atoms with E-state index in [-0.39, 0.29) is 11.3 Å². The summed E-state index contributed by atoms with van der Waals surface area (Å²) in [7, 11) is 1.87. The van der Waals surface area contributed by atoms with E-state index in [4.69, 9.17) is 14.7 Å². The molecule has 0 spiro atoms.